The molecule has 1 aliphatic rings. The van der Waals surface area contributed by atoms with Crippen molar-refractivity contribution < 1.29 is 0 Å². The second-order valence-electron chi connectivity index (χ2n) is 6.59. The van der Waals surface area contributed by atoms with Crippen LogP contribution in [0, 0.1) is 5.41 Å². The van der Waals surface area contributed by atoms with Gasteiger partial charge in [-0.2, -0.15) is 0 Å². The first-order valence-electron chi connectivity index (χ1n) is 7.32. The first-order chi connectivity index (χ1) is 9.05. The van der Waals surface area contributed by atoms with E-state index in [2.05, 4.69) is 56.3 Å². The van der Waals surface area contributed by atoms with Gasteiger partial charge >= 0.3 is 0 Å². The van der Waals surface area contributed by atoms with Gasteiger partial charge in [0.25, 0.3) is 0 Å². The molecule has 19 heavy (non-hydrogen) atoms. The summed E-state index contributed by atoms with van der Waals surface area (Å²) in [6, 6.07) is 15.2. The number of hydrogen-bond acceptors (Lipinski definition) is 1. The van der Waals surface area contributed by atoms with E-state index in [1.807, 2.05) is 0 Å². The van der Waals surface area contributed by atoms with Crippen molar-refractivity contribution in [1.29, 1.82) is 0 Å². The highest BCUT2D eigenvalue weighted by Gasteiger charge is 2.45. The van der Waals surface area contributed by atoms with Gasteiger partial charge in [-0.1, -0.05) is 69.2 Å². The van der Waals surface area contributed by atoms with E-state index in [1.54, 1.807) is 0 Å². The molecule has 1 unspecified atom stereocenters. The van der Waals surface area contributed by atoms with E-state index in [9.17, 15) is 0 Å². The molecule has 0 spiro atoms. The third-order valence-corrected chi connectivity index (χ3v) is 5.10. The first kappa shape index (κ1) is 12.7. The summed E-state index contributed by atoms with van der Waals surface area (Å²) in [4.78, 5) is 0. The second kappa shape index (κ2) is 4.35. The molecule has 0 amide bonds. The highest BCUT2D eigenvalue weighted by molar-refractivity contribution is 5.86. The Hall–Kier alpha value is -1.34. The van der Waals surface area contributed by atoms with Gasteiger partial charge in [0, 0.05) is 5.54 Å². The van der Waals surface area contributed by atoms with Crippen molar-refractivity contribution in [2.45, 2.75) is 45.1 Å². The van der Waals surface area contributed by atoms with Crippen molar-refractivity contribution in [2.75, 3.05) is 0 Å². The van der Waals surface area contributed by atoms with E-state index in [-0.39, 0.29) is 11.0 Å². The molecule has 0 bridgehead atoms. The van der Waals surface area contributed by atoms with Gasteiger partial charge in [-0.3, -0.25) is 0 Å². The monoisotopic (exact) mass is 253 g/mol. The lowest BCUT2D eigenvalue weighted by molar-refractivity contribution is 0.0991. The van der Waals surface area contributed by atoms with Gasteiger partial charge in [0.05, 0.1) is 0 Å². The van der Waals surface area contributed by atoms with Gasteiger partial charge in [0.15, 0.2) is 0 Å². The molecule has 1 fully saturated rings. The maximum Gasteiger partial charge on any atom is 0.0467 e. The lowest BCUT2D eigenvalue weighted by Gasteiger charge is -2.48. The molecular formula is C18H23N. The van der Waals surface area contributed by atoms with Gasteiger partial charge < -0.3 is 5.73 Å². The molecule has 2 aromatic rings. The summed E-state index contributed by atoms with van der Waals surface area (Å²) in [5, 5.41) is 2.62. The van der Waals surface area contributed by atoms with Crippen LogP contribution in [-0.4, -0.2) is 0 Å². The summed E-state index contributed by atoms with van der Waals surface area (Å²) < 4.78 is 0. The maximum atomic E-state index is 6.92. The van der Waals surface area contributed by atoms with Crippen molar-refractivity contribution in [2.24, 2.45) is 11.1 Å². The Morgan fingerprint density at radius 3 is 2.37 bits per heavy atom. The maximum absolute atomic E-state index is 6.92. The number of nitrogens with two attached hydrogens (primary N) is 1. The van der Waals surface area contributed by atoms with Crippen molar-refractivity contribution in [3.63, 3.8) is 0 Å². The van der Waals surface area contributed by atoms with E-state index in [1.165, 1.54) is 35.6 Å². The Morgan fingerprint density at radius 1 is 0.895 bits per heavy atom. The van der Waals surface area contributed by atoms with Crippen molar-refractivity contribution >= 4 is 10.8 Å². The fourth-order valence-electron chi connectivity index (χ4n) is 3.65. The molecule has 1 atom stereocenters. The molecule has 3 rings (SSSR count). The predicted octanol–water partition coefficient (Wildman–Crippen LogP) is 4.59. The molecule has 2 aromatic carbocycles. The summed E-state index contributed by atoms with van der Waals surface area (Å²) in [6.07, 6.45) is 4.85. The molecule has 1 heteroatoms. The standard InChI is InChI=1S/C18H23N/c1-17(2)12-5-6-13-18(17,19)16-11-7-9-14-8-3-4-10-15(14)16/h3-4,7-11H,5-6,12-13,19H2,1-2H3. The van der Waals surface area contributed by atoms with Crippen molar-refractivity contribution in [3.05, 3.63) is 48.0 Å². The van der Waals surface area contributed by atoms with Crippen LogP contribution < -0.4 is 5.73 Å². The van der Waals surface area contributed by atoms with E-state index in [4.69, 9.17) is 5.73 Å². The highest BCUT2D eigenvalue weighted by Crippen LogP contribution is 2.49. The van der Waals surface area contributed by atoms with E-state index in [0.717, 1.165) is 6.42 Å². The zero-order chi connectivity index (χ0) is 13.5. The van der Waals surface area contributed by atoms with Crippen molar-refractivity contribution in [3.8, 4) is 0 Å². The van der Waals surface area contributed by atoms with Crippen LogP contribution in [0.25, 0.3) is 10.8 Å². The summed E-state index contributed by atoms with van der Waals surface area (Å²) in [7, 11) is 0. The summed E-state index contributed by atoms with van der Waals surface area (Å²) in [6.45, 7) is 4.65. The zero-order valence-electron chi connectivity index (χ0n) is 11.9. The Kier molecular flexibility index (Phi) is 2.90. The highest BCUT2D eigenvalue weighted by atomic mass is 14.8. The molecule has 100 valence electrons. The third-order valence-electron chi connectivity index (χ3n) is 5.10. The summed E-state index contributed by atoms with van der Waals surface area (Å²) in [5.41, 5.74) is 8.21. The third kappa shape index (κ3) is 1.88. The van der Waals surface area contributed by atoms with Crippen LogP contribution in [0.3, 0.4) is 0 Å². The number of rotatable bonds is 1. The molecule has 1 aliphatic carbocycles. The fraction of sp³-hybridized carbons (Fsp3) is 0.444. The van der Waals surface area contributed by atoms with Crippen molar-refractivity contribution in [1.82, 2.24) is 0 Å². The Balaban J connectivity index is 2.23. The normalized spacial score (nSPS) is 26.5. The molecule has 0 radical (unpaired) electrons. The number of fused-ring (bicyclic) bond motifs is 1. The molecule has 1 saturated carbocycles. The summed E-state index contributed by atoms with van der Waals surface area (Å²) in [5.74, 6) is 0. The second-order valence-corrected chi connectivity index (χ2v) is 6.59. The quantitative estimate of drug-likeness (QED) is 0.790. The van der Waals surface area contributed by atoms with Gasteiger partial charge in [-0.15, -0.1) is 0 Å². The SMILES string of the molecule is CC1(C)CCCCC1(N)c1cccc2ccccc12. The predicted molar refractivity (Wildman–Crippen MR) is 82.1 cm³/mol. The van der Waals surface area contributed by atoms with E-state index in [0.29, 0.717) is 0 Å². The fourth-order valence-corrected chi connectivity index (χ4v) is 3.65. The van der Waals surface area contributed by atoms with Crippen LogP contribution >= 0.6 is 0 Å². The molecule has 0 saturated heterocycles. The van der Waals surface area contributed by atoms with Crippen LogP contribution in [0.15, 0.2) is 42.5 Å². The largest absolute Gasteiger partial charge is 0.321 e. The molecular weight excluding hydrogens is 230 g/mol. The van der Waals surface area contributed by atoms with E-state index < -0.39 is 0 Å². The Labute approximate surface area is 115 Å². The zero-order valence-corrected chi connectivity index (χ0v) is 11.9. The molecule has 0 heterocycles. The smallest absolute Gasteiger partial charge is 0.0467 e. The van der Waals surface area contributed by atoms with Crippen LogP contribution in [0.4, 0.5) is 0 Å². The molecule has 0 aliphatic heterocycles. The Morgan fingerprint density at radius 2 is 1.58 bits per heavy atom. The minimum atomic E-state index is -0.202. The van der Waals surface area contributed by atoms with E-state index >= 15 is 0 Å². The first-order valence-corrected chi connectivity index (χ1v) is 7.32. The average Bonchev–Trinajstić information content (AvgIpc) is 2.41. The lowest BCUT2D eigenvalue weighted by Crippen LogP contribution is -2.51. The van der Waals surface area contributed by atoms with Gasteiger partial charge in [-0.25, -0.2) is 0 Å². The van der Waals surface area contributed by atoms with Crippen LogP contribution in [0.2, 0.25) is 0 Å². The molecule has 0 aromatic heterocycles. The Bertz CT molecular complexity index is 594. The van der Waals surface area contributed by atoms with Gasteiger partial charge in [0.1, 0.15) is 0 Å². The minimum Gasteiger partial charge on any atom is -0.321 e. The number of benzene rings is 2. The topological polar surface area (TPSA) is 26.0 Å². The van der Waals surface area contributed by atoms with Gasteiger partial charge in [-0.05, 0) is 34.6 Å². The number of hydrogen-bond donors (Lipinski definition) is 1. The summed E-state index contributed by atoms with van der Waals surface area (Å²) >= 11 is 0. The average molecular weight is 253 g/mol. The van der Waals surface area contributed by atoms with Crippen LogP contribution in [0.1, 0.15) is 45.1 Å². The van der Waals surface area contributed by atoms with Crippen LogP contribution in [-0.2, 0) is 5.54 Å². The molecule has 1 nitrogen and oxygen atoms in total. The lowest BCUT2D eigenvalue weighted by atomic mass is 9.60. The minimum absolute atomic E-state index is 0.162. The molecule has 2 N–H and O–H groups in total. The van der Waals surface area contributed by atoms with Crippen LogP contribution in [0.5, 0.6) is 0 Å². The van der Waals surface area contributed by atoms with Gasteiger partial charge in [0.2, 0.25) is 0 Å².